The molecule has 0 aliphatic carbocycles. The highest BCUT2D eigenvalue weighted by Gasteiger charge is 2.10. The van der Waals surface area contributed by atoms with E-state index in [1.807, 2.05) is 67.6 Å². The number of aromatic nitrogens is 1. The first-order valence-electron chi connectivity index (χ1n) is 8.09. The molecule has 0 aliphatic heterocycles. The van der Waals surface area contributed by atoms with Crippen LogP contribution in [-0.2, 0) is 11.2 Å². The molecule has 0 fully saturated rings. The van der Waals surface area contributed by atoms with Crippen molar-refractivity contribution < 1.29 is 4.79 Å². The lowest BCUT2D eigenvalue weighted by molar-refractivity contribution is -0.121. The monoisotopic (exact) mass is 320 g/mol. The van der Waals surface area contributed by atoms with E-state index in [2.05, 4.69) is 10.3 Å². The number of pyridine rings is 1. The molecule has 0 aliphatic rings. The molecule has 0 spiro atoms. The Morgan fingerprint density at radius 1 is 1.08 bits per heavy atom. The lowest BCUT2D eigenvalue weighted by Crippen LogP contribution is -2.27. The van der Waals surface area contributed by atoms with Crippen LogP contribution in [0.3, 0.4) is 0 Å². The summed E-state index contributed by atoms with van der Waals surface area (Å²) in [6.45, 7) is 1.95. The molecule has 0 bridgehead atoms. The van der Waals surface area contributed by atoms with Gasteiger partial charge in [-0.3, -0.25) is 9.59 Å². The van der Waals surface area contributed by atoms with E-state index in [0.717, 1.165) is 16.5 Å². The normalized spacial score (nSPS) is 12.0. The largest absolute Gasteiger partial charge is 0.350 e. The van der Waals surface area contributed by atoms with Crippen molar-refractivity contribution in [2.75, 3.05) is 0 Å². The van der Waals surface area contributed by atoms with Crippen LogP contribution in [0.15, 0.2) is 65.5 Å². The van der Waals surface area contributed by atoms with Gasteiger partial charge in [0.05, 0.1) is 6.04 Å². The van der Waals surface area contributed by atoms with Crippen molar-refractivity contribution >= 4 is 16.8 Å². The molecule has 0 saturated heterocycles. The van der Waals surface area contributed by atoms with Gasteiger partial charge in [0, 0.05) is 17.5 Å². The summed E-state index contributed by atoms with van der Waals surface area (Å²) in [6, 6.07) is 19.3. The molecule has 0 radical (unpaired) electrons. The van der Waals surface area contributed by atoms with Crippen LogP contribution in [0.4, 0.5) is 0 Å². The van der Waals surface area contributed by atoms with Crippen molar-refractivity contribution in [3.63, 3.8) is 0 Å². The van der Waals surface area contributed by atoms with E-state index >= 15 is 0 Å². The summed E-state index contributed by atoms with van der Waals surface area (Å²) in [7, 11) is 0. The van der Waals surface area contributed by atoms with Crippen molar-refractivity contribution in [1.82, 2.24) is 10.3 Å². The fraction of sp³-hybridized carbons (Fsp3) is 0.200. The Balaban J connectivity index is 1.64. The zero-order valence-electron chi connectivity index (χ0n) is 13.6. The number of hydrogen-bond donors (Lipinski definition) is 2. The molecule has 24 heavy (non-hydrogen) atoms. The van der Waals surface area contributed by atoms with Gasteiger partial charge in [-0.25, -0.2) is 0 Å². The number of rotatable bonds is 5. The molecule has 1 amide bonds. The molecule has 2 N–H and O–H groups in total. The smallest absolute Gasteiger partial charge is 0.251 e. The van der Waals surface area contributed by atoms with Gasteiger partial charge >= 0.3 is 0 Å². The number of carbonyl (C=O) groups is 1. The van der Waals surface area contributed by atoms with Crippen LogP contribution in [-0.4, -0.2) is 10.9 Å². The molecule has 0 saturated carbocycles. The molecule has 1 aromatic heterocycles. The quantitative estimate of drug-likeness (QED) is 0.757. The first-order valence-corrected chi connectivity index (χ1v) is 8.09. The fourth-order valence-electron chi connectivity index (χ4n) is 2.77. The van der Waals surface area contributed by atoms with Crippen molar-refractivity contribution in [2.45, 2.75) is 25.8 Å². The van der Waals surface area contributed by atoms with Crippen molar-refractivity contribution in [1.29, 1.82) is 0 Å². The van der Waals surface area contributed by atoms with Gasteiger partial charge in [-0.2, -0.15) is 0 Å². The van der Waals surface area contributed by atoms with Crippen LogP contribution in [0.1, 0.15) is 30.5 Å². The van der Waals surface area contributed by atoms with Crippen molar-refractivity contribution in [3.8, 4) is 0 Å². The Kier molecular flexibility index (Phi) is 4.75. The Morgan fingerprint density at radius 2 is 1.79 bits per heavy atom. The second-order valence-corrected chi connectivity index (χ2v) is 5.91. The summed E-state index contributed by atoms with van der Waals surface area (Å²) in [5, 5.41) is 3.95. The summed E-state index contributed by atoms with van der Waals surface area (Å²) in [5.74, 6) is -0.0566. The van der Waals surface area contributed by atoms with Gasteiger partial charge in [0.25, 0.3) is 5.56 Å². The topological polar surface area (TPSA) is 62.0 Å². The molecular weight excluding hydrogens is 300 g/mol. The Labute approximate surface area is 140 Å². The average molecular weight is 320 g/mol. The van der Waals surface area contributed by atoms with Crippen LogP contribution >= 0.6 is 0 Å². The number of benzene rings is 2. The number of fused-ring (bicyclic) bond motifs is 1. The van der Waals surface area contributed by atoms with Gasteiger partial charge < -0.3 is 10.3 Å². The number of H-pyrrole nitrogens is 1. The average Bonchev–Trinajstić information content (AvgIpc) is 2.60. The molecule has 4 nitrogen and oxygen atoms in total. The second-order valence-electron chi connectivity index (χ2n) is 5.91. The maximum Gasteiger partial charge on any atom is 0.251 e. The Morgan fingerprint density at radius 3 is 2.58 bits per heavy atom. The van der Waals surface area contributed by atoms with Gasteiger partial charge in [-0.1, -0.05) is 48.5 Å². The van der Waals surface area contributed by atoms with Gasteiger partial charge in [-0.15, -0.1) is 0 Å². The third-order valence-corrected chi connectivity index (χ3v) is 4.13. The number of nitrogens with one attached hydrogen (secondary N) is 2. The number of aryl methyl sites for hydroxylation is 1. The lowest BCUT2D eigenvalue weighted by atomic mass is 10.1. The third kappa shape index (κ3) is 3.71. The van der Waals surface area contributed by atoms with Crippen LogP contribution in [0.2, 0.25) is 0 Å². The molecule has 122 valence electrons. The minimum absolute atomic E-state index is 0.0476. The second kappa shape index (κ2) is 7.13. The van der Waals surface area contributed by atoms with E-state index in [0.29, 0.717) is 18.4 Å². The van der Waals surface area contributed by atoms with Gasteiger partial charge in [0.15, 0.2) is 0 Å². The Bertz CT molecular complexity index is 900. The predicted octanol–water partition coefficient (Wildman–Crippen LogP) is 3.34. The highest BCUT2D eigenvalue weighted by Crippen LogP contribution is 2.13. The highest BCUT2D eigenvalue weighted by atomic mass is 16.1. The van der Waals surface area contributed by atoms with E-state index in [-0.39, 0.29) is 17.5 Å². The van der Waals surface area contributed by atoms with Gasteiger partial charge in [0.1, 0.15) is 0 Å². The number of hydrogen-bond acceptors (Lipinski definition) is 2. The lowest BCUT2D eigenvalue weighted by Gasteiger charge is -2.14. The van der Waals surface area contributed by atoms with E-state index in [9.17, 15) is 9.59 Å². The van der Waals surface area contributed by atoms with E-state index in [1.54, 1.807) is 0 Å². The first-order chi connectivity index (χ1) is 11.6. The minimum Gasteiger partial charge on any atom is -0.350 e. The predicted molar refractivity (Wildman–Crippen MR) is 95.9 cm³/mol. The molecule has 3 aromatic rings. The molecule has 1 heterocycles. The SMILES string of the molecule is CC(NC(=O)CCc1cc2ccccc2[nH]c1=O)c1ccccc1. The van der Waals surface area contributed by atoms with Crippen LogP contribution < -0.4 is 10.9 Å². The molecule has 4 heteroatoms. The number of carbonyl (C=O) groups excluding carboxylic acids is 1. The van der Waals surface area contributed by atoms with E-state index < -0.39 is 0 Å². The minimum atomic E-state index is -0.127. The molecular formula is C20H20N2O2. The maximum absolute atomic E-state index is 12.2. The van der Waals surface area contributed by atoms with Crippen molar-refractivity contribution in [2.24, 2.45) is 0 Å². The summed E-state index contributed by atoms with van der Waals surface area (Å²) in [4.78, 5) is 27.1. The first kappa shape index (κ1) is 16.0. The number of aromatic amines is 1. The summed E-state index contributed by atoms with van der Waals surface area (Å²) < 4.78 is 0. The number of amides is 1. The van der Waals surface area contributed by atoms with Crippen LogP contribution in [0.25, 0.3) is 10.9 Å². The molecule has 1 atom stereocenters. The maximum atomic E-state index is 12.2. The van der Waals surface area contributed by atoms with Crippen LogP contribution in [0.5, 0.6) is 0 Å². The summed E-state index contributed by atoms with van der Waals surface area (Å²) in [5.41, 5.74) is 2.39. The van der Waals surface area contributed by atoms with Crippen LogP contribution in [0, 0.1) is 0 Å². The number of para-hydroxylation sites is 1. The van der Waals surface area contributed by atoms with E-state index in [4.69, 9.17) is 0 Å². The molecule has 1 unspecified atom stereocenters. The summed E-state index contributed by atoms with van der Waals surface area (Å²) >= 11 is 0. The van der Waals surface area contributed by atoms with Crippen molar-refractivity contribution in [3.05, 3.63) is 82.1 Å². The van der Waals surface area contributed by atoms with Gasteiger partial charge in [-0.05, 0) is 36.4 Å². The zero-order valence-corrected chi connectivity index (χ0v) is 13.6. The standard InChI is InChI=1S/C20H20N2O2/c1-14(15-7-3-2-4-8-15)21-19(23)12-11-17-13-16-9-5-6-10-18(16)22-20(17)24/h2-10,13-14H,11-12H2,1H3,(H,21,23)(H,22,24). The summed E-state index contributed by atoms with van der Waals surface area (Å²) in [6.07, 6.45) is 0.714. The third-order valence-electron chi connectivity index (χ3n) is 4.13. The van der Waals surface area contributed by atoms with Gasteiger partial charge in [0.2, 0.25) is 5.91 Å². The molecule has 3 rings (SSSR count). The van der Waals surface area contributed by atoms with E-state index in [1.165, 1.54) is 0 Å². The Hall–Kier alpha value is -2.88. The zero-order chi connectivity index (χ0) is 16.9. The fourth-order valence-corrected chi connectivity index (χ4v) is 2.77. The highest BCUT2D eigenvalue weighted by molar-refractivity contribution is 5.79. The molecule has 2 aromatic carbocycles.